The first-order chi connectivity index (χ1) is 41.9. The van der Waals surface area contributed by atoms with Crippen LogP contribution in [0.4, 0.5) is 0 Å². The summed E-state index contributed by atoms with van der Waals surface area (Å²) in [5.74, 6) is -0.686. The summed E-state index contributed by atoms with van der Waals surface area (Å²) in [5.41, 5.74) is 0. The summed E-state index contributed by atoms with van der Waals surface area (Å²) < 4.78 is 68.0. The van der Waals surface area contributed by atoms with Gasteiger partial charge in [-0.25, -0.2) is 9.13 Å². The van der Waals surface area contributed by atoms with Crippen molar-refractivity contribution in [3.05, 3.63) is 0 Å². The van der Waals surface area contributed by atoms with Crippen LogP contribution in [-0.2, 0) is 65.4 Å². The SMILES string of the molecule is CCCCCCCCCCCCCCCCCCCCCCC(=O)O[C@H](COC(=O)CCCCCCCCC(C)CC)COP(=O)(O)OC[C@@H](O)COP(=O)(O)OC[C@@H](COC(=O)CCCCCCCCC)OC(=O)CCCCCCCCC(C)CC. The van der Waals surface area contributed by atoms with Crippen molar-refractivity contribution < 1.29 is 80.2 Å². The molecule has 17 nitrogen and oxygen atoms in total. The van der Waals surface area contributed by atoms with E-state index < -0.39 is 97.5 Å². The van der Waals surface area contributed by atoms with Crippen molar-refractivity contribution >= 4 is 39.5 Å². The minimum absolute atomic E-state index is 0.102. The van der Waals surface area contributed by atoms with E-state index >= 15 is 0 Å². The van der Waals surface area contributed by atoms with Crippen LogP contribution in [0.3, 0.4) is 0 Å². The molecule has 0 bridgehead atoms. The Morgan fingerprint density at radius 1 is 0.322 bits per heavy atom. The smallest absolute Gasteiger partial charge is 0.462 e. The first-order valence-electron chi connectivity index (χ1n) is 35.6. The van der Waals surface area contributed by atoms with Crippen molar-refractivity contribution in [1.29, 1.82) is 0 Å². The molecule has 0 amide bonds. The summed E-state index contributed by atoms with van der Waals surface area (Å²) in [7, 11) is -9.89. The van der Waals surface area contributed by atoms with Gasteiger partial charge in [0.05, 0.1) is 26.4 Å². The van der Waals surface area contributed by atoms with Gasteiger partial charge in [0.1, 0.15) is 19.3 Å². The van der Waals surface area contributed by atoms with Crippen LogP contribution in [0.2, 0.25) is 0 Å². The van der Waals surface area contributed by atoms with Crippen molar-refractivity contribution in [3.8, 4) is 0 Å². The lowest BCUT2D eigenvalue weighted by atomic mass is 10.00. The summed E-state index contributed by atoms with van der Waals surface area (Å²) in [6.07, 6.45) is 44.8. The number of esters is 4. The topological polar surface area (TPSA) is 237 Å². The Morgan fingerprint density at radius 2 is 0.552 bits per heavy atom. The van der Waals surface area contributed by atoms with Gasteiger partial charge in [-0.2, -0.15) is 0 Å². The van der Waals surface area contributed by atoms with Gasteiger partial charge in [-0.15, -0.1) is 0 Å². The molecule has 0 aromatic carbocycles. The molecular formula is C68H132O17P2. The molecule has 3 N–H and O–H groups in total. The fraction of sp³-hybridized carbons (Fsp3) is 0.941. The summed E-state index contributed by atoms with van der Waals surface area (Å²) in [4.78, 5) is 72.2. The fourth-order valence-electron chi connectivity index (χ4n) is 10.2. The third kappa shape index (κ3) is 60.1. The van der Waals surface area contributed by atoms with Crippen molar-refractivity contribution in [1.82, 2.24) is 0 Å². The minimum Gasteiger partial charge on any atom is -0.462 e. The number of phosphoric ester groups is 2. The van der Waals surface area contributed by atoms with E-state index in [-0.39, 0.29) is 25.7 Å². The van der Waals surface area contributed by atoms with Gasteiger partial charge in [-0.05, 0) is 37.5 Å². The Morgan fingerprint density at radius 3 is 0.816 bits per heavy atom. The van der Waals surface area contributed by atoms with Gasteiger partial charge in [-0.1, -0.05) is 292 Å². The molecule has 0 spiro atoms. The normalized spacial score (nSPS) is 14.8. The highest BCUT2D eigenvalue weighted by atomic mass is 31.2. The Kier molecular flexibility index (Phi) is 59.0. The predicted octanol–water partition coefficient (Wildman–Crippen LogP) is 19.2. The van der Waals surface area contributed by atoms with Crippen molar-refractivity contribution in [2.45, 2.75) is 362 Å². The molecule has 0 rings (SSSR count). The maximum Gasteiger partial charge on any atom is 0.472 e. The molecule has 0 heterocycles. The molecule has 87 heavy (non-hydrogen) atoms. The van der Waals surface area contributed by atoms with E-state index in [9.17, 15) is 43.2 Å². The van der Waals surface area contributed by atoms with Crippen LogP contribution in [-0.4, -0.2) is 96.7 Å². The lowest BCUT2D eigenvalue weighted by Crippen LogP contribution is -2.30. The maximum atomic E-state index is 13.0. The quantitative estimate of drug-likeness (QED) is 0.0222. The first kappa shape index (κ1) is 85.1. The highest BCUT2D eigenvalue weighted by molar-refractivity contribution is 7.47. The number of aliphatic hydroxyl groups excluding tert-OH is 1. The number of ether oxygens (including phenoxy) is 4. The van der Waals surface area contributed by atoms with Gasteiger partial charge in [0.15, 0.2) is 12.2 Å². The van der Waals surface area contributed by atoms with Crippen LogP contribution in [0.1, 0.15) is 343 Å². The summed E-state index contributed by atoms with van der Waals surface area (Å²) in [5, 5.41) is 10.5. The molecule has 7 atom stereocenters. The number of hydrogen-bond acceptors (Lipinski definition) is 15. The standard InChI is InChI=1S/C68H132O17P2/c1-7-11-13-15-17-18-19-20-21-22-23-24-25-26-27-28-29-31-40-46-52-67(72)84-63(57-79-66(71)51-45-39-34-32-36-42-48-60(5)9-3)58-82-86(74,75)80-54-62(69)55-81-87(76,77)83-59-64(56-78-65(70)50-44-38-30-16-14-12-8-2)85-68(73)53-47-41-35-33-37-43-49-61(6)10-4/h60-64,69H,7-59H2,1-6H3,(H,74,75)(H,76,77)/t60?,61?,62-,63-,64-/m1/s1. The van der Waals surface area contributed by atoms with Gasteiger partial charge in [0.2, 0.25) is 0 Å². The zero-order valence-electron chi connectivity index (χ0n) is 56.3. The molecule has 0 aliphatic rings. The van der Waals surface area contributed by atoms with E-state index in [2.05, 4.69) is 41.5 Å². The number of aliphatic hydroxyl groups is 1. The van der Waals surface area contributed by atoms with E-state index in [1.807, 2.05) is 0 Å². The Hall–Kier alpha value is -1.94. The molecule has 4 unspecified atom stereocenters. The molecule has 0 saturated heterocycles. The van der Waals surface area contributed by atoms with Crippen LogP contribution >= 0.6 is 15.6 Å². The third-order valence-corrected chi connectivity index (χ3v) is 18.3. The van der Waals surface area contributed by atoms with E-state index in [0.717, 1.165) is 121 Å². The predicted molar refractivity (Wildman–Crippen MR) is 349 cm³/mol. The molecule has 0 saturated carbocycles. The van der Waals surface area contributed by atoms with Gasteiger partial charge in [-0.3, -0.25) is 37.3 Å². The number of unbranched alkanes of at least 4 members (excludes halogenated alkanes) is 35. The second-order valence-electron chi connectivity index (χ2n) is 25.0. The number of carbonyl (C=O) groups excluding carboxylic acids is 4. The van der Waals surface area contributed by atoms with Gasteiger partial charge >= 0.3 is 39.5 Å². The lowest BCUT2D eigenvalue weighted by Gasteiger charge is -2.21. The number of rotatable bonds is 67. The van der Waals surface area contributed by atoms with Gasteiger partial charge in [0.25, 0.3) is 0 Å². The number of phosphoric acid groups is 2. The van der Waals surface area contributed by atoms with Crippen molar-refractivity contribution in [3.63, 3.8) is 0 Å². The molecule has 0 aromatic heterocycles. The largest absolute Gasteiger partial charge is 0.472 e. The third-order valence-electron chi connectivity index (χ3n) is 16.4. The molecule has 516 valence electrons. The zero-order chi connectivity index (χ0) is 64.3. The molecule has 0 aromatic rings. The molecule has 0 radical (unpaired) electrons. The van der Waals surface area contributed by atoms with Crippen LogP contribution in [0, 0.1) is 11.8 Å². The van der Waals surface area contributed by atoms with E-state index in [1.165, 1.54) is 141 Å². The van der Waals surface area contributed by atoms with Gasteiger partial charge in [0, 0.05) is 25.7 Å². The second-order valence-corrected chi connectivity index (χ2v) is 28.0. The maximum absolute atomic E-state index is 13.0. The summed E-state index contributed by atoms with van der Waals surface area (Å²) in [6, 6.07) is 0. The highest BCUT2D eigenvalue weighted by Gasteiger charge is 2.30. The van der Waals surface area contributed by atoms with E-state index in [1.54, 1.807) is 0 Å². The molecule has 0 aliphatic heterocycles. The van der Waals surface area contributed by atoms with Crippen LogP contribution in [0.25, 0.3) is 0 Å². The minimum atomic E-state index is -4.95. The molecular weight excluding hydrogens is 1150 g/mol. The fourth-order valence-corrected chi connectivity index (χ4v) is 11.8. The zero-order valence-corrected chi connectivity index (χ0v) is 58.1. The molecule has 19 heteroatoms. The molecule has 0 fully saturated rings. The number of hydrogen-bond donors (Lipinski definition) is 3. The summed E-state index contributed by atoms with van der Waals surface area (Å²) in [6.45, 7) is 9.39. The number of carbonyl (C=O) groups is 4. The summed E-state index contributed by atoms with van der Waals surface area (Å²) >= 11 is 0. The Balaban J connectivity index is 5.14. The average Bonchev–Trinajstić information content (AvgIpc) is 3.71. The molecule has 0 aliphatic carbocycles. The average molecular weight is 1280 g/mol. The van der Waals surface area contributed by atoms with E-state index in [4.69, 9.17) is 37.0 Å². The van der Waals surface area contributed by atoms with Crippen LogP contribution in [0.5, 0.6) is 0 Å². The van der Waals surface area contributed by atoms with Crippen molar-refractivity contribution in [2.24, 2.45) is 11.8 Å². The highest BCUT2D eigenvalue weighted by Crippen LogP contribution is 2.45. The first-order valence-corrected chi connectivity index (χ1v) is 38.6. The lowest BCUT2D eigenvalue weighted by molar-refractivity contribution is -0.161. The Labute approximate surface area is 530 Å². The Bertz CT molecular complexity index is 1700. The van der Waals surface area contributed by atoms with Crippen LogP contribution in [0.15, 0.2) is 0 Å². The monoisotopic (exact) mass is 1280 g/mol. The van der Waals surface area contributed by atoms with Gasteiger partial charge < -0.3 is 33.8 Å². The second kappa shape index (κ2) is 60.3. The van der Waals surface area contributed by atoms with E-state index in [0.29, 0.717) is 25.7 Å². The van der Waals surface area contributed by atoms with Crippen molar-refractivity contribution in [2.75, 3.05) is 39.6 Å². The van der Waals surface area contributed by atoms with Crippen LogP contribution < -0.4 is 0 Å².